The summed E-state index contributed by atoms with van der Waals surface area (Å²) in [5, 5.41) is 0. The number of carbonyl (C=O) groups excluding carboxylic acids is 1. The molecule has 0 radical (unpaired) electrons. The van der Waals surface area contributed by atoms with Crippen molar-refractivity contribution in [2.75, 3.05) is 17.7 Å². The highest BCUT2D eigenvalue weighted by Gasteiger charge is 2.46. The van der Waals surface area contributed by atoms with Crippen LogP contribution in [0.2, 0.25) is 0 Å². The number of anilines is 1. The number of halogens is 3. The van der Waals surface area contributed by atoms with Crippen molar-refractivity contribution in [3.8, 4) is 0 Å². The number of amides is 1. The van der Waals surface area contributed by atoms with Gasteiger partial charge in [0.1, 0.15) is 0 Å². The van der Waals surface area contributed by atoms with Gasteiger partial charge in [-0.05, 0) is 68.7 Å². The van der Waals surface area contributed by atoms with Crippen LogP contribution in [0.5, 0.6) is 0 Å². The number of nitrogens with zero attached hydrogens (tertiary/aromatic N) is 1. The molecule has 33 heavy (non-hydrogen) atoms. The molecule has 1 atom stereocenters. The molecule has 0 aliphatic carbocycles. The Kier molecular flexibility index (Phi) is 6.44. The number of hydrogen-bond donors (Lipinski definition) is 0. The number of rotatable bonds is 5. The number of piperidine rings is 1. The van der Waals surface area contributed by atoms with Gasteiger partial charge in [0, 0.05) is 24.9 Å². The summed E-state index contributed by atoms with van der Waals surface area (Å²) in [7, 11) is -7.57. The smallest absolute Gasteiger partial charge is 0.312 e. The van der Waals surface area contributed by atoms with Crippen molar-refractivity contribution in [3.05, 3.63) is 54.1 Å². The van der Waals surface area contributed by atoms with E-state index in [-0.39, 0.29) is 23.8 Å². The maximum absolute atomic E-state index is 13.3. The Morgan fingerprint density at radius 1 is 0.939 bits per heavy atom. The van der Waals surface area contributed by atoms with Crippen molar-refractivity contribution in [1.29, 1.82) is 0 Å². The van der Waals surface area contributed by atoms with Gasteiger partial charge in [0.05, 0.1) is 20.1 Å². The fourth-order valence-electron chi connectivity index (χ4n) is 3.94. The van der Waals surface area contributed by atoms with Crippen LogP contribution in [0.1, 0.15) is 32.3 Å². The van der Waals surface area contributed by atoms with Crippen molar-refractivity contribution in [2.24, 2.45) is 5.92 Å². The van der Waals surface area contributed by atoms with Gasteiger partial charge < -0.3 is 4.90 Å². The Morgan fingerprint density at radius 2 is 1.55 bits per heavy atom. The molecule has 0 N–H and O–H groups in total. The third-order valence-electron chi connectivity index (χ3n) is 6.15. The Morgan fingerprint density at radius 3 is 2.06 bits per heavy atom. The van der Waals surface area contributed by atoms with Crippen LogP contribution in [0.4, 0.5) is 18.9 Å². The fourth-order valence-corrected chi connectivity index (χ4v) is 6.35. The minimum Gasteiger partial charge on any atom is -0.312 e. The molecule has 3 rings (SSSR count). The average molecular weight is 504 g/mol. The number of hydrogen-bond acceptors (Lipinski definition) is 5. The monoisotopic (exact) mass is 503 g/mol. The van der Waals surface area contributed by atoms with Gasteiger partial charge >= 0.3 is 6.18 Å². The lowest BCUT2D eigenvalue weighted by molar-refractivity contribution is -0.137. The Labute approximate surface area is 191 Å². The van der Waals surface area contributed by atoms with E-state index in [4.69, 9.17) is 0 Å². The predicted octanol–water partition coefficient (Wildman–Crippen LogP) is 4.10. The van der Waals surface area contributed by atoms with Crippen LogP contribution in [0, 0.1) is 5.92 Å². The van der Waals surface area contributed by atoms with Gasteiger partial charge in [-0.1, -0.05) is 6.07 Å². The number of carbonyl (C=O) groups is 1. The lowest BCUT2D eigenvalue weighted by Crippen LogP contribution is -2.48. The fraction of sp³-hybridized carbons (Fsp3) is 0.409. The van der Waals surface area contributed by atoms with Gasteiger partial charge in [-0.2, -0.15) is 13.2 Å². The zero-order chi connectivity index (χ0) is 24.8. The molecule has 1 fully saturated rings. The van der Waals surface area contributed by atoms with Gasteiger partial charge in [0.2, 0.25) is 5.91 Å². The Bertz CT molecular complexity index is 1270. The minimum atomic E-state index is -4.68. The van der Waals surface area contributed by atoms with E-state index < -0.39 is 47.0 Å². The zero-order valence-corrected chi connectivity index (χ0v) is 19.9. The Balaban J connectivity index is 1.83. The molecule has 0 bridgehead atoms. The van der Waals surface area contributed by atoms with Gasteiger partial charge in [-0.25, -0.2) is 16.8 Å². The van der Waals surface area contributed by atoms with Crippen LogP contribution < -0.4 is 4.90 Å². The van der Waals surface area contributed by atoms with Crippen molar-refractivity contribution < 1.29 is 34.8 Å². The van der Waals surface area contributed by atoms with Gasteiger partial charge in [0.15, 0.2) is 19.7 Å². The predicted molar refractivity (Wildman–Crippen MR) is 117 cm³/mol. The van der Waals surface area contributed by atoms with Gasteiger partial charge in [-0.15, -0.1) is 0 Å². The summed E-state index contributed by atoms with van der Waals surface area (Å²) in [5.74, 6) is -0.957. The van der Waals surface area contributed by atoms with Crippen molar-refractivity contribution in [2.45, 2.75) is 47.4 Å². The van der Waals surface area contributed by atoms with Crippen LogP contribution in [0.15, 0.2) is 58.3 Å². The van der Waals surface area contributed by atoms with Crippen LogP contribution >= 0.6 is 0 Å². The number of sulfone groups is 2. The third kappa shape index (κ3) is 4.93. The molecule has 1 aliphatic heterocycles. The molecular formula is C22H24F3NO5S2. The minimum absolute atomic E-state index is 0.112. The molecule has 1 aliphatic rings. The van der Waals surface area contributed by atoms with Gasteiger partial charge in [-0.3, -0.25) is 4.79 Å². The SMILES string of the molecule is CC(C)([C@@H]1CCN(c2ccc(S(C)(=O)=O)cc2)C(=O)C1)S(=O)(=O)c1cccc(C(F)(F)F)c1. The highest BCUT2D eigenvalue weighted by atomic mass is 32.2. The second kappa shape index (κ2) is 8.43. The molecule has 180 valence electrons. The van der Waals surface area contributed by atoms with E-state index >= 15 is 0 Å². The summed E-state index contributed by atoms with van der Waals surface area (Å²) in [6, 6.07) is 9.43. The summed E-state index contributed by atoms with van der Waals surface area (Å²) < 4.78 is 87.5. The van der Waals surface area contributed by atoms with Crippen LogP contribution in [-0.2, 0) is 30.6 Å². The molecule has 2 aromatic rings. The first kappa shape index (κ1) is 25.2. The molecule has 1 heterocycles. The molecule has 2 aromatic carbocycles. The van der Waals surface area contributed by atoms with E-state index in [1.165, 1.54) is 43.0 Å². The van der Waals surface area contributed by atoms with E-state index in [1.54, 1.807) is 0 Å². The molecule has 0 unspecified atom stereocenters. The van der Waals surface area contributed by atoms with E-state index in [0.717, 1.165) is 24.5 Å². The molecule has 0 saturated carbocycles. The average Bonchev–Trinajstić information content (AvgIpc) is 2.72. The summed E-state index contributed by atoms with van der Waals surface area (Å²) in [4.78, 5) is 14.0. The Hall–Kier alpha value is -2.40. The second-order valence-corrected chi connectivity index (χ2v) is 13.2. The summed E-state index contributed by atoms with van der Waals surface area (Å²) in [6.45, 7) is 3.05. The molecule has 6 nitrogen and oxygen atoms in total. The lowest BCUT2D eigenvalue weighted by Gasteiger charge is -2.39. The number of alkyl halides is 3. The maximum atomic E-state index is 13.3. The van der Waals surface area contributed by atoms with Crippen LogP contribution in [-0.4, -0.2) is 40.3 Å². The first-order chi connectivity index (χ1) is 15.0. The zero-order valence-electron chi connectivity index (χ0n) is 18.3. The standard InChI is InChI=1S/C22H24F3NO5S2/c1-21(2,33(30,31)19-6-4-5-16(13-19)22(23,24)25)15-11-12-26(20(27)14-15)17-7-9-18(10-8-17)32(3,28)29/h4-10,13,15H,11-12,14H2,1-3H3/t15-/m1/s1. The van der Waals surface area contributed by atoms with E-state index in [9.17, 15) is 34.8 Å². The molecule has 1 saturated heterocycles. The first-order valence-corrected chi connectivity index (χ1v) is 13.4. The molecular weight excluding hydrogens is 479 g/mol. The summed E-state index contributed by atoms with van der Waals surface area (Å²) in [6.07, 6.45) is -3.40. The van der Waals surface area contributed by atoms with Crippen molar-refractivity contribution >= 4 is 31.3 Å². The number of benzene rings is 2. The van der Waals surface area contributed by atoms with Gasteiger partial charge in [0.25, 0.3) is 0 Å². The van der Waals surface area contributed by atoms with E-state index in [1.807, 2.05) is 0 Å². The molecule has 11 heteroatoms. The van der Waals surface area contributed by atoms with Crippen molar-refractivity contribution in [1.82, 2.24) is 0 Å². The second-order valence-electron chi connectivity index (χ2n) is 8.63. The van der Waals surface area contributed by atoms with Crippen LogP contribution in [0.3, 0.4) is 0 Å². The highest BCUT2D eigenvalue weighted by molar-refractivity contribution is 7.92. The highest BCUT2D eigenvalue weighted by Crippen LogP contribution is 2.40. The lowest BCUT2D eigenvalue weighted by atomic mass is 9.85. The topological polar surface area (TPSA) is 88.6 Å². The normalized spacial score (nSPS) is 18.4. The summed E-state index contributed by atoms with van der Waals surface area (Å²) in [5.41, 5.74) is -0.563. The summed E-state index contributed by atoms with van der Waals surface area (Å²) >= 11 is 0. The van der Waals surface area contributed by atoms with Crippen molar-refractivity contribution in [3.63, 3.8) is 0 Å². The maximum Gasteiger partial charge on any atom is 0.416 e. The molecule has 0 spiro atoms. The van der Waals surface area contributed by atoms with E-state index in [0.29, 0.717) is 18.2 Å². The largest absolute Gasteiger partial charge is 0.416 e. The first-order valence-electron chi connectivity index (χ1n) is 10.1. The van der Waals surface area contributed by atoms with Crippen LogP contribution in [0.25, 0.3) is 0 Å². The third-order valence-corrected chi connectivity index (χ3v) is 9.87. The molecule has 1 amide bonds. The van der Waals surface area contributed by atoms with E-state index in [2.05, 4.69) is 0 Å². The molecule has 0 aromatic heterocycles. The quantitative estimate of drug-likeness (QED) is 0.613.